The summed E-state index contributed by atoms with van der Waals surface area (Å²) in [6.07, 6.45) is 5.46. The van der Waals surface area contributed by atoms with Crippen molar-refractivity contribution in [3.63, 3.8) is 0 Å². The van der Waals surface area contributed by atoms with Gasteiger partial charge in [0.1, 0.15) is 13.2 Å². The Labute approximate surface area is 131 Å². The van der Waals surface area contributed by atoms with Gasteiger partial charge in [0.25, 0.3) is 0 Å². The Morgan fingerprint density at radius 3 is 2.55 bits per heavy atom. The van der Waals surface area contributed by atoms with Crippen LogP contribution in [-0.2, 0) is 6.42 Å². The molecule has 0 amide bonds. The molecule has 3 rings (SSSR count). The highest BCUT2D eigenvalue weighted by atomic mass is 16.6. The smallest absolute Gasteiger partial charge is 0.162 e. The van der Waals surface area contributed by atoms with Crippen LogP contribution in [-0.4, -0.2) is 19.4 Å². The van der Waals surface area contributed by atoms with Crippen LogP contribution in [0.15, 0.2) is 47.5 Å². The normalized spacial score (nSPS) is 13.5. The van der Waals surface area contributed by atoms with Crippen LogP contribution in [0.25, 0.3) is 0 Å². The summed E-state index contributed by atoms with van der Waals surface area (Å²) in [6, 6.07) is 14.3. The van der Waals surface area contributed by atoms with Gasteiger partial charge in [0, 0.05) is 6.21 Å². The van der Waals surface area contributed by atoms with E-state index >= 15 is 0 Å². The topological polar surface area (TPSA) is 30.8 Å². The van der Waals surface area contributed by atoms with Gasteiger partial charge in [-0.05, 0) is 54.3 Å². The zero-order chi connectivity index (χ0) is 15.2. The van der Waals surface area contributed by atoms with Gasteiger partial charge in [-0.2, -0.15) is 0 Å². The van der Waals surface area contributed by atoms with Crippen LogP contribution in [0.3, 0.4) is 0 Å². The third kappa shape index (κ3) is 3.67. The summed E-state index contributed by atoms with van der Waals surface area (Å²) in [5.74, 6) is 1.61. The third-order valence-electron chi connectivity index (χ3n) is 3.68. The van der Waals surface area contributed by atoms with Gasteiger partial charge in [-0.15, -0.1) is 0 Å². The molecule has 0 fully saturated rings. The summed E-state index contributed by atoms with van der Waals surface area (Å²) in [5.41, 5.74) is 3.36. The molecule has 114 valence electrons. The average molecular weight is 295 g/mol. The maximum absolute atomic E-state index is 5.58. The lowest BCUT2D eigenvalue weighted by atomic mass is 10.1. The van der Waals surface area contributed by atoms with Crippen molar-refractivity contribution >= 4 is 11.9 Å². The van der Waals surface area contributed by atoms with Crippen molar-refractivity contribution in [1.82, 2.24) is 0 Å². The van der Waals surface area contributed by atoms with E-state index in [2.05, 4.69) is 36.2 Å². The van der Waals surface area contributed by atoms with Crippen LogP contribution in [0.1, 0.15) is 30.9 Å². The Bertz CT molecular complexity index is 647. The molecule has 0 aliphatic carbocycles. The van der Waals surface area contributed by atoms with E-state index < -0.39 is 0 Å². The highest BCUT2D eigenvalue weighted by Gasteiger charge is 2.10. The maximum atomic E-state index is 5.58. The summed E-state index contributed by atoms with van der Waals surface area (Å²) >= 11 is 0. The number of ether oxygens (including phenoxy) is 2. The second-order valence-corrected chi connectivity index (χ2v) is 5.43. The molecule has 2 aromatic rings. The quantitative estimate of drug-likeness (QED) is 0.758. The maximum Gasteiger partial charge on any atom is 0.162 e. The molecule has 2 aromatic carbocycles. The Morgan fingerprint density at radius 1 is 1.00 bits per heavy atom. The lowest BCUT2D eigenvalue weighted by Crippen LogP contribution is -2.15. The molecule has 0 N–H and O–H groups in total. The molecule has 0 saturated carbocycles. The Balaban J connectivity index is 1.68. The van der Waals surface area contributed by atoms with Crippen molar-refractivity contribution in [2.24, 2.45) is 4.99 Å². The van der Waals surface area contributed by atoms with Crippen LogP contribution in [0.5, 0.6) is 11.5 Å². The molecule has 22 heavy (non-hydrogen) atoms. The van der Waals surface area contributed by atoms with Gasteiger partial charge in [0.2, 0.25) is 0 Å². The second kappa shape index (κ2) is 7.12. The van der Waals surface area contributed by atoms with Gasteiger partial charge in [-0.25, -0.2) is 0 Å². The summed E-state index contributed by atoms with van der Waals surface area (Å²) < 4.78 is 11.1. The van der Waals surface area contributed by atoms with E-state index in [1.54, 1.807) is 0 Å². The van der Waals surface area contributed by atoms with Crippen LogP contribution in [0.2, 0.25) is 0 Å². The lowest BCUT2D eigenvalue weighted by molar-refractivity contribution is 0.171. The molecule has 0 aromatic heterocycles. The van der Waals surface area contributed by atoms with Gasteiger partial charge < -0.3 is 9.47 Å². The van der Waals surface area contributed by atoms with E-state index in [0.717, 1.165) is 29.2 Å². The molecule has 0 bridgehead atoms. The number of aliphatic imine (C=N–C) groups is 1. The van der Waals surface area contributed by atoms with Crippen molar-refractivity contribution in [3.8, 4) is 11.5 Å². The molecule has 0 spiro atoms. The number of aryl methyl sites for hydroxylation is 1. The minimum absolute atomic E-state index is 0.604. The molecular formula is C19H21NO2. The van der Waals surface area contributed by atoms with Crippen molar-refractivity contribution in [2.45, 2.75) is 26.2 Å². The first-order valence-electron chi connectivity index (χ1n) is 7.88. The van der Waals surface area contributed by atoms with Crippen molar-refractivity contribution in [1.29, 1.82) is 0 Å². The molecule has 1 heterocycles. The van der Waals surface area contributed by atoms with Crippen LogP contribution >= 0.6 is 0 Å². The fourth-order valence-electron chi connectivity index (χ4n) is 2.42. The van der Waals surface area contributed by atoms with E-state index in [4.69, 9.17) is 9.47 Å². The van der Waals surface area contributed by atoms with Crippen molar-refractivity contribution < 1.29 is 9.47 Å². The van der Waals surface area contributed by atoms with E-state index in [1.165, 1.54) is 18.4 Å². The largest absolute Gasteiger partial charge is 0.486 e. The van der Waals surface area contributed by atoms with E-state index in [0.29, 0.717) is 13.2 Å². The number of hydrogen-bond acceptors (Lipinski definition) is 3. The Kier molecular flexibility index (Phi) is 4.74. The van der Waals surface area contributed by atoms with Crippen molar-refractivity contribution in [2.75, 3.05) is 13.2 Å². The second-order valence-electron chi connectivity index (χ2n) is 5.43. The Hall–Kier alpha value is -2.29. The molecule has 1 aliphatic heterocycles. The van der Waals surface area contributed by atoms with Crippen LogP contribution in [0, 0.1) is 0 Å². The minimum atomic E-state index is 0.604. The van der Waals surface area contributed by atoms with Crippen molar-refractivity contribution in [3.05, 3.63) is 53.6 Å². The fraction of sp³-hybridized carbons (Fsp3) is 0.316. The van der Waals surface area contributed by atoms with Gasteiger partial charge in [0.15, 0.2) is 11.5 Å². The lowest BCUT2D eigenvalue weighted by Gasteiger charge is -2.18. The van der Waals surface area contributed by atoms with Gasteiger partial charge >= 0.3 is 0 Å². The summed E-state index contributed by atoms with van der Waals surface area (Å²) in [7, 11) is 0. The highest BCUT2D eigenvalue weighted by molar-refractivity contribution is 5.83. The molecular weight excluding hydrogens is 274 g/mol. The van der Waals surface area contributed by atoms with E-state index in [-0.39, 0.29) is 0 Å². The standard InChI is InChI=1S/C19H21NO2/c1-2-3-4-15-5-8-17(9-6-15)20-14-16-7-10-18-19(13-16)22-12-11-21-18/h5-10,13-14H,2-4,11-12H2,1H3. The average Bonchev–Trinajstić information content (AvgIpc) is 2.59. The van der Waals surface area contributed by atoms with E-state index in [1.807, 2.05) is 24.4 Å². The number of unbranched alkanes of at least 4 members (excludes halogenated alkanes) is 1. The number of benzene rings is 2. The first-order valence-corrected chi connectivity index (χ1v) is 7.88. The van der Waals surface area contributed by atoms with Crippen LogP contribution < -0.4 is 9.47 Å². The number of hydrogen-bond donors (Lipinski definition) is 0. The highest BCUT2D eigenvalue weighted by Crippen LogP contribution is 2.30. The zero-order valence-corrected chi connectivity index (χ0v) is 12.9. The Morgan fingerprint density at radius 2 is 1.77 bits per heavy atom. The zero-order valence-electron chi connectivity index (χ0n) is 12.9. The molecule has 1 aliphatic rings. The summed E-state index contributed by atoms with van der Waals surface area (Å²) in [6.45, 7) is 3.43. The number of nitrogens with zero attached hydrogens (tertiary/aromatic N) is 1. The predicted octanol–water partition coefficient (Wildman–Crippen LogP) is 4.55. The SMILES string of the molecule is CCCCc1ccc(N=Cc2ccc3c(c2)OCCO3)cc1. The molecule has 0 radical (unpaired) electrons. The first kappa shape index (κ1) is 14.6. The number of rotatable bonds is 5. The summed E-state index contributed by atoms with van der Waals surface area (Å²) in [5, 5.41) is 0. The third-order valence-corrected chi connectivity index (χ3v) is 3.68. The first-order chi connectivity index (χ1) is 10.8. The van der Waals surface area contributed by atoms with Crippen LogP contribution in [0.4, 0.5) is 5.69 Å². The predicted molar refractivity (Wildman–Crippen MR) is 89.7 cm³/mol. The van der Waals surface area contributed by atoms with E-state index in [9.17, 15) is 0 Å². The molecule has 0 unspecified atom stereocenters. The molecule has 0 saturated heterocycles. The van der Waals surface area contributed by atoms with Gasteiger partial charge in [-0.1, -0.05) is 25.5 Å². The molecule has 0 atom stereocenters. The number of fused-ring (bicyclic) bond motifs is 1. The fourth-order valence-corrected chi connectivity index (χ4v) is 2.42. The summed E-state index contributed by atoms with van der Waals surface area (Å²) in [4.78, 5) is 4.53. The minimum Gasteiger partial charge on any atom is -0.486 e. The molecule has 3 nitrogen and oxygen atoms in total. The monoisotopic (exact) mass is 295 g/mol. The molecule has 3 heteroatoms. The van der Waals surface area contributed by atoms with Gasteiger partial charge in [-0.3, -0.25) is 4.99 Å². The van der Waals surface area contributed by atoms with Gasteiger partial charge in [0.05, 0.1) is 5.69 Å².